The molecule has 0 spiro atoms. The van der Waals surface area contributed by atoms with Crippen molar-refractivity contribution in [3.63, 3.8) is 0 Å². The summed E-state index contributed by atoms with van der Waals surface area (Å²) >= 11 is 1.54. The van der Waals surface area contributed by atoms with E-state index in [4.69, 9.17) is 4.52 Å². The van der Waals surface area contributed by atoms with E-state index in [-0.39, 0.29) is 0 Å². The molecule has 2 heterocycles. The summed E-state index contributed by atoms with van der Waals surface area (Å²) < 4.78 is 4.92. The Morgan fingerprint density at radius 3 is 3.15 bits per heavy atom. The summed E-state index contributed by atoms with van der Waals surface area (Å²) in [4.78, 5) is 8.10. The molecule has 0 fully saturated rings. The van der Waals surface area contributed by atoms with Crippen molar-refractivity contribution in [1.29, 1.82) is 0 Å². The molecule has 0 saturated heterocycles. The van der Waals surface area contributed by atoms with Gasteiger partial charge in [-0.25, -0.2) is 4.98 Å². The fourth-order valence-corrected chi connectivity index (χ4v) is 1.40. The summed E-state index contributed by atoms with van der Waals surface area (Å²) in [7, 11) is 0. The van der Waals surface area contributed by atoms with Gasteiger partial charge in [0.25, 0.3) is 0 Å². The zero-order valence-electron chi connectivity index (χ0n) is 7.02. The number of aromatic nitrogens is 3. The maximum atomic E-state index is 4.92. The monoisotopic (exact) mass is 196 g/mol. The summed E-state index contributed by atoms with van der Waals surface area (Å²) in [6, 6.07) is 0. The molecule has 5 nitrogen and oxygen atoms in total. The third-order valence-electron chi connectivity index (χ3n) is 1.39. The van der Waals surface area contributed by atoms with Crippen molar-refractivity contribution in [3.05, 3.63) is 23.3 Å². The van der Waals surface area contributed by atoms with Crippen LogP contribution >= 0.6 is 11.3 Å². The van der Waals surface area contributed by atoms with Gasteiger partial charge in [0.1, 0.15) is 0 Å². The van der Waals surface area contributed by atoms with Crippen LogP contribution in [0.1, 0.15) is 11.7 Å². The quantitative estimate of drug-likeness (QED) is 0.804. The van der Waals surface area contributed by atoms with Crippen LogP contribution in [0.15, 0.2) is 16.1 Å². The minimum absolute atomic E-state index is 0.522. The summed E-state index contributed by atoms with van der Waals surface area (Å²) in [6.07, 6.45) is 1.74. The molecule has 68 valence electrons. The standard InChI is InChI=1S/C7H8N4OS/c1-5-10-6(12-11-5)4-9-7-8-2-3-13-7/h2-3H,4H2,1H3,(H,8,9). The number of hydrogen-bond donors (Lipinski definition) is 1. The maximum Gasteiger partial charge on any atom is 0.246 e. The van der Waals surface area contributed by atoms with E-state index in [0.717, 1.165) is 5.13 Å². The molecule has 0 radical (unpaired) electrons. The van der Waals surface area contributed by atoms with Gasteiger partial charge in [-0.05, 0) is 6.92 Å². The van der Waals surface area contributed by atoms with Crippen LogP contribution in [0.5, 0.6) is 0 Å². The zero-order valence-corrected chi connectivity index (χ0v) is 7.84. The molecular formula is C7H8N4OS. The number of nitrogens with one attached hydrogen (secondary N) is 1. The molecule has 13 heavy (non-hydrogen) atoms. The van der Waals surface area contributed by atoms with Gasteiger partial charge >= 0.3 is 0 Å². The van der Waals surface area contributed by atoms with Crippen LogP contribution in [0, 0.1) is 6.92 Å². The summed E-state index contributed by atoms with van der Waals surface area (Å²) in [6.45, 7) is 2.31. The van der Waals surface area contributed by atoms with Crippen LogP contribution < -0.4 is 5.32 Å². The Morgan fingerprint density at radius 1 is 1.62 bits per heavy atom. The molecule has 2 aromatic rings. The van der Waals surface area contributed by atoms with Gasteiger partial charge in [-0.1, -0.05) is 5.16 Å². The maximum absolute atomic E-state index is 4.92. The van der Waals surface area contributed by atoms with E-state index in [2.05, 4.69) is 20.4 Å². The number of thiazole rings is 1. The first kappa shape index (κ1) is 8.18. The lowest BCUT2D eigenvalue weighted by Crippen LogP contribution is -1.98. The van der Waals surface area contributed by atoms with Crippen molar-refractivity contribution in [2.45, 2.75) is 13.5 Å². The third-order valence-corrected chi connectivity index (χ3v) is 2.12. The molecular weight excluding hydrogens is 188 g/mol. The van der Waals surface area contributed by atoms with Crippen LogP contribution in [-0.2, 0) is 6.54 Å². The number of anilines is 1. The predicted molar refractivity (Wildman–Crippen MR) is 48.5 cm³/mol. The summed E-state index contributed by atoms with van der Waals surface area (Å²) in [5.41, 5.74) is 0. The van der Waals surface area contributed by atoms with Crippen LogP contribution in [-0.4, -0.2) is 15.1 Å². The number of nitrogens with zero attached hydrogens (tertiary/aromatic N) is 3. The lowest BCUT2D eigenvalue weighted by molar-refractivity contribution is 0.379. The van der Waals surface area contributed by atoms with Gasteiger partial charge in [0.2, 0.25) is 5.89 Å². The van der Waals surface area contributed by atoms with E-state index in [9.17, 15) is 0 Å². The first-order valence-corrected chi connectivity index (χ1v) is 4.65. The van der Waals surface area contributed by atoms with Crippen molar-refractivity contribution in [1.82, 2.24) is 15.1 Å². The highest BCUT2D eigenvalue weighted by molar-refractivity contribution is 7.13. The minimum atomic E-state index is 0.522. The second-order valence-electron chi connectivity index (χ2n) is 2.43. The molecule has 0 aromatic carbocycles. The highest BCUT2D eigenvalue weighted by Crippen LogP contribution is 2.11. The molecule has 0 aliphatic rings. The molecule has 0 atom stereocenters. The average Bonchev–Trinajstić information content (AvgIpc) is 2.71. The van der Waals surface area contributed by atoms with Gasteiger partial charge in [-0.3, -0.25) is 0 Å². The Labute approximate surface area is 78.8 Å². The largest absolute Gasteiger partial charge is 0.352 e. The number of hydrogen-bond acceptors (Lipinski definition) is 6. The van der Waals surface area contributed by atoms with E-state index in [1.165, 1.54) is 11.3 Å². The van der Waals surface area contributed by atoms with Crippen molar-refractivity contribution < 1.29 is 4.52 Å². The van der Waals surface area contributed by atoms with Gasteiger partial charge in [-0.15, -0.1) is 11.3 Å². The SMILES string of the molecule is Cc1noc(CNc2nccs2)n1. The number of rotatable bonds is 3. The van der Waals surface area contributed by atoms with E-state index < -0.39 is 0 Å². The van der Waals surface area contributed by atoms with Crippen LogP contribution in [0.25, 0.3) is 0 Å². The Balaban J connectivity index is 1.93. The molecule has 2 aromatic heterocycles. The normalized spacial score (nSPS) is 10.2. The topological polar surface area (TPSA) is 63.8 Å². The van der Waals surface area contributed by atoms with E-state index >= 15 is 0 Å². The second-order valence-corrected chi connectivity index (χ2v) is 3.32. The lowest BCUT2D eigenvalue weighted by Gasteiger charge is -1.95. The summed E-state index contributed by atoms with van der Waals surface area (Å²) in [5.74, 6) is 1.23. The molecule has 0 aliphatic carbocycles. The van der Waals surface area contributed by atoms with Crippen LogP contribution in [0.4, 0.5) is 5.13 Å². The fourth-order valence-electron chi connectivity index (χ4n) is 0.874. The van der Waals surface area contributed by atoms with Crippen molar-refractivity contribution in [2.75, 3.05) is 5.32 Å². The van der Waals surface area contributed by atoms with Crippen LogP contribution in [0.3, 0.4) is 0 Å². The van der Waals surface area contributed by atoms with Crippen molar-refractivity contribution in [2.24, 2.45) is 0 Å². The first-order valence-electron chi connectivity index (χ1n) is 3.77. The molecule has 1 N–H and O–H groups in total. The molecule has 2 rings (SSSR count). The predicted octanol–water partition coefficient (Wildman–Crippen LogP) is 1.45. The van der Waals surface area contributed by atoms with E-state index in [1.54, 1.807) is 13.1 Å². The lowest BCUT2D eigenvalue weighted by atomic mass is 10.6. The Kier molecular flexibility index (Phi) is 2.22. The van der Waals surface area contributed by atoms with Gasteiger partial charge < -0.3 is 9.84 Å². The molecule has 0 aliphatic heterocycles. The Hall–Kier alpha value is -1.43. The Morgan fingerprint density at radius 2 is 2.54 bits per heavy atom. The molecule has 0 unspecified atom stereocenters. The van der Waals surface area contributed by atoms with Gasteiger partial charge in [0, 0.05) is 11.6 Å². The fraction of sp³-hybridized carbons (Fsp3) is 0.286. The number of aryl methyl sites for hydroxylation is 1. The highest BCUT2D eigenvalue weighted by Gasteiger charge is 2.02. The molecule has 6 heteroatoms. The smallest absolute Gasteiger partial charge is 0.246 e. The second kappa shape index (κ2) is 3.53. The van der Waals surface area contributed by atoms with Crippen molar-refractivity contribution in [3.8, 4) is 0 Å². The van der Waals surface area contributed by atoms with Crippen molar-refractivity contribution >= 4 is 16.5 Å². The molecule has 0 amide bonds. The average molecular weight is 196 g/mol. The van der Waals surface area contributed by atoms with Gasteiger partial charge in [0.15, 0.2) is 11.0 Å². The minimum Gasteiger partial charge on any atom is -0.352 e. The highest BCUT2D eigenvalue weighted by atomic mass is 32.1. The first-order chi connectivity index (χ1) is 6.34. The third kappa shape index (κ3) is 2.03. The van der Waals surface area contributed by atoms with E-state index in [0.29, 0.717) is 18.3 Å². The molecule has 0 bridgehead atoms. The van der Waals surface area contributed by atoms with Gasteiger partial charge in [-0.2, -0.15) is 4.98 Å². The molecule has 0 saturated carbocycles. The van der Waals surface area contributed by atoms with Gasteiger partial charge in [0.05, 0.1) is 6.54 Å². The zero-order chi connectivity index (χ0) is 9.10. The summed E-state index contributed by atoms with van der Waals surface area (Å²) in [5, 5.41) is 9.50. The Bertz CT molecular complexity index is 370. The van der Waals surface area contributed by atoms with E-state index in [1.807, 2.05) is 5.38 Å². The van der Waals surface area contributed by atoms with Crippen LogP contribution in [0.2, 0.25) is 0 Å².